The smallest absolute Gasteiger partial charge is 0.254 e. The predicted molar refractivity (Wildman–Crippen MR) is 64.1 cm³/mol. The fourth-order valence-corrected chi connectivity index (χ4v) is 2.15. The maximum absolute atomic E-state index is 12.3. The van der Waals surface area contributed by atoms with E-state index in [4.69, 9.17) is 10.5 Å². The van der Waals surface area contributed by atoms with E-state index in [2.05, 4.69) is 6.92 Å². The Morgan fingerprint density at radius 2 is 2.25 bits per heavy atom. The highest BCUT2D eigenvalue weighted by Crippen LogP contribution is 2.27. The van der Waals surface area contributed by atoms with Crippen molar-refractivity contribution in [2.75, 3.05) is 26.2 Å². The van der Waals surface area contributed by atoms with E-state index >= 15 is 0 Å². The highest BCUT2D eigenvalue weighted by Gasteiger charge is 2.40. The lowest BCUT2D eigenvalue weighted by atomic mass is 10.0. The number of amides is 1. The topological polar surface area (TPSA) is 55.6 Å². The van der Waals surface area contributed by atoms with Crippen molar-refractivity contribution in [3.63, 3.8) is 0 Å². The average molecular weight is 228 g/mol. The Kier molecular flexibility index (Phi) is 5.22. The summed E-state index contributed by atoms with van der Waals surface area (Å²) < 4.78 is 5.59. The fourth-order valence-electron chi connectivity index (χ4n) is 2.15. The van der Waals surface area contributed by atoms with Crippen LogP contribution in [0.3, 0.4) is 0 Å². The molecule has 2 N–H and O–H groups in total. The largest absolute Gasteiger partial charge is 0.365 e. The number of nitrogens with zero attached hydrogens (tertiary/aromatic N) is 1. The number of carbonyl (C=O) groups is 1. The van der Waals surface area contributed by atoms with Gasteiger partial charge in [-0.3, -0.25) is 4.79 Å². The van der Waals surface area contributed by atoms with Crippen molar-refractivity contribution < 1.29 is 9.53 Å². The molecule has 1 amide bonds. The van der Waals surface area contributed by atoms with Gasteiger partial charge in [-0.15, -0.1) is 0 Å². The Labute approximate surface area is 98.1 Å². The van der Waals surface area contributed by atoms with Gasteiger partial charge in [-0.1, -0.05) is 6.92 Å². The summed E-state index contributed by atoms with van der Waals surface area (Å²) in [4.78, 5) is 14.2. The van der Waals surface area contributed by atoms with Crippen LogP contribution in [-0.2, 0) is 9.53 Å². The zero-order chi connectivity index (χ0) is 12.0. The molecule has 94 valence electrons. The molecule has 0 spiro atoms. The Balaban J connectivity index is 2.58. The third kappa shape index (κ3) is 3.19. The number of hydrogen-bond acceptors (Lipinski definition) is 3. The Hall–Kier alpha value is -0.610. The molecule has 1 rings (SSSR count). The van der Waals surface area contributed by atoms with Crippen LogP contribution >= 0.6 is 0 Å². The first kappa shape index (κ1) is 13.5. The van der Waals surface area contributed by atoms with Gasteiger partial charge < -0.3 is 15.4 Å². The summed E-state index contributed by atoms with van der Waals surface area (Å²) in [6.07, 6.45) is 3.67. The monoisotopic (exact) mass is 228 g/mol. The van der Waals surface area contributed by atoms with Gasteiger partial charge >= 0.3 is 0 Å². The van der Waals surface area contributed by atoms with Crippen molar-refractivity contribution in [2.45, 2.75) is 45.1 Å². The highest BCUT2D eigenvalue weighted by molar-refractivity contribution is 5.85. The lowest BCUT2D eigenvalue weighted by molar-refractivity contribution is -0.151. The molecule has 0 aromatic heterocycles. The van der Waals surface area contributed by atoms with E-state index in [1.807, 2.05) is 11.8 Å². The van der Waals surface area contributed by atoms with Crippen molar-refractivity contribution in [1.29, 1.82) is 0 Å². The van der Waals surface area contributed by atoms with Crippen molar-refractivity contribution in [3.8, 4) is 0 Å². The predicted octanol–water partition coefficient (Wildman–Crippen LogP) is 1.14. The van der Waals surface area contributed by atoms with Crippen LogP contribution in [0.1, 0.15) is 39.5 Å². The quantitative estimate of drug-likeness (QED) is 0.742. The fraction of sp³-hybridized carbons (Fsp3) is 0.917. The molecule has 0 aromatic rings. The first-order valence-electron chi connectivity index (χ1n) is 6.27. The van der Waals surface area contributed by atoms with Gasteiger partial charge in [-0.05, 0) is 39.2 Å². The van der Waals surface area contributed by atoms with Gasteiger partial charge in [0.05, 0.1) is 0 Å². The van der Waals surface area contributed by atoms with Gasteiger partial charge in [0.25, 0.3) is 5.91 Å². The van der Waals surface area contributed by atoms with Crippen LogP contribution in [0.15, 0.2) is 0 Å². The average Bonchev–Trinajstić information content (AvgIpc) is 2.72. The first-order chi connectivity index (χ1) is 7.64. The van der Waals surface area contributed by atoms with E-state index < -0.39 is 5.60 Å². The summed E-state index contributed by atoms with van der Waals surface area (Å²) in [6.45, 7) is 6.89. The van der Waals surface area contributed by atoms with Crippen molar-refractivity contribution >= 4 is 5.91 Å². The van der Waals surface area contributed by atoms with Gasteiger partial charge in [0.15, 0.2) is 0 Å². The Morgan fingerprint density at radius 3 is 2.75 bits per heavy atom. The molecular weight excluding hydrogens is 204 g/mol. The third-order valence-electron chi connectivity index (χ3n) is 3.08. The second-order valence-electron chi connectivity index (χ2n) is 4.62. The lowest BCUT2D eigenvalue weighted by Crippen LogP contribution is -2.47. The molecule has 1 aliphatic rings. The summed E-state index contributed by atoms with van der Waals surface area (Å²) >= 11 is 0. The maximum Gasteiger partial charge on any atom is 0.254 e. The van der Waals surface area contributed by atoms with Gasteiger partial charge in [0, 0.05) is 19.7 Å². The normalized spacial score (nSPS) is 24.7. The van der Waals surface area contributed by atoms with Crippen LogP contribution in [0.25, 0.3) is 0 Å². The zero-order valence-corrected chi connectivity index (χ0v) is 10.5. The van der Waals surface area contributed by atoms with Crippen molar-refractivity contribution in [2.24, 2.45) is 5.73 Å². The number of hydrogen-bond donors (Lipinski definition) is 1. The van der Waals surface area contributed by atoms with Gasteiger partial charge in [0.1, 0.15) is 5.60 Å². The van der Waals surface area contributed by atoms with Crippen LogP contribution in [0, 0.1) is 0 Å². The van der Waals surface area contributed by atoms with Gasteiger partial charge in [-0.25, -0.2) is 0 Å². The number of ether oxygens (including phenoxy) is 1. The summed E-state index contributed by atoms with van der Waals surface area (Å²) in [5, 5.41) is 0. The molecule has 4 heteroatoms. The summed E-state index contributed by atoms with van der Waals surface area (Å²) in [6, 6.07) is 0. The second-order valence-corrected chi connectivity index (χ2v) is 4.62. The van der Waals surface area contributed by atoms with Crippen LogP contribution < -0.4 is 5.73 Å². The van der Waals surface area contributed by atoms with Crippen LogP contribution in [0.4, 0.5) is 0 Å². The van der Waals surface area contributed by atoms with E-state index in [0.717, 1.165) is 38.8 Å². The summed E-state index contributed by atoms with van der Waals surface area (Å²) in [5.74, 6) is 0.139. The number of rotatable bonds is 6. The molecule has 1 heterocycles. The van der Waals surface area contributed by atoms with Crippen LogP contribution in [-0.4, -0.2) is 42.6 Å². The molecule has 0 radical (unpaired) electrons. The molecule has 0 bridgehead atoms. The molecule has 1 aliphatic heterocycles. The van der Waals surface area contributed by atoms with E-state index in [-0.39, 0.29) is 5.91 Å². The van der Waals surface area contributed by atoms with E-state index in [9.17, 15) is 4.79 Å². The third-order valence-corrected chi connectivity index (χ3v) is 3.08. The molecule has 1 saturated heterocycles. The Morgan fingerprint density at radius 1 is 1.50 bits per heavy atom. The number of nitrogens with two attached hydrogens (primary N) is 1. The number of carbonyl (C=O) groups excluding carboxylic acids is 1. The summed E-state index contributed by atoms with van der Waals surface area (Å²) in [5.41, 5.74) is 4.91. The summed E-state index contributed by atoms with van der Waals surface area (Å²) in [7, 11) is 0. The molecule has 16 heavy (non-hydrogen) atoms. The molecule has 0 aliphatic carbocycles. The van der Waals surface area contributed by atoms with E-state index in [1.165, 1.54) is 0 Å². The van der Waals surface area contributed by atoms with Crippen LogP contribution in [0.2, 0.25) is 0 Å². The molecule has 1 unspecified atom stereocenters. The Bertz CT molecular complexity index is 225. The molecule has 0 saturated carbocycles. The zero-order valence-electron chi connectivity index (χ0n) is 10.5. The standard InChI is InChI=1S/C12H24N2O2/c1-3-8-14(9-5-7-13)11(15)12(2)6-4-10-16-12/h3-10,13H2,1-2H3. The van der Waals surface area contributed by atoms with E-state index in [0.29, 0.717) is 13.2 Å². The maximum atomic E-state index is 12.3. The van der Waals surface area contributed by atoms with Gasteiger partial charge in [0.2, 0.25) is 0 Å². The second kappa shape index (κ2) is 6.21. The minimum absolute atomic E-state index is 0.139. The van der Waals surface area contributed by atoms with Crippen molar-refractivity contribution in [1.82, 2.24) is 4.90 Å². The van der Waals surface area contributed by atoms with Gasteiger partial charge in [-0.2, -0.15) is 0 Å². The van der Waals surface area contributed by atoms with E-state index in [1.54, 1.807) is 0 Å². The van der Waals surface area contributed by atoms with Crippen LogP contribution in [0.5, 0.6) is 0 Å². The molecule has 1 fully saturated rings. The first-order valence-corrected chi connectivity index (χ1v) is 6.27. The molecule has 4 nitrogen and oxygen atoms in total. The lowest BCUT2D eigenvalue weighted by Gasteiger charge is -2.31. The minimum Gasteiger partial charge on any atom is -0.365 e. The highest BCUT2D eigenvalue weighted by atomic mass is 16.5. The molecule has 1 atom stereocenters. The SMILES string of the molecule is CCCN(CCCN)C(=O)C1(C)CCCO1. The molecule has 0 aromatic carbocycles. The minimum atomic E-state index is -0.580. The molecular formula is C12H24N2O2. The van der Waals surface area contributed by atoms with Crippen molar-refractivity contribution in [3.05, 3.63) is 0 Å².